The zero-order valence-electron chi connectivity index (χ0n) is 9.73. The zero-order chi connectivity index (χ0) is 11.7. The molecular weight excluding hydrogens is 224 g/mol. The number of piperazine rings is 1. The summed E-state index contributed by atoms with van der Waals surface area (Å²) in [5.41, 5.74) is 0. The zero-order valence-corrected chi connectivity index (χ0v) is 10.5. The molecule has 16 heavy (non-hydrogen) atoms. The molecule has 2 fully saturated rings. The van der Waals surface area contributed by atoms with Crippen molar-refractivity contribution in [2.24, 2.45) is 0 Å². The molecular formula is C11H18N2O2S. The maximum atomic E-state index is 12.0. The van der Waals surface area contributed by atoms with Crippen LogP contribution in [0.15, 0.2) is 0 Å². The molecule has 2 amide bonds. The second-order valence-corrected chi connectivity index (χ2v) is 5.60. The Morgan fingerprint density at radius 1 is 1.38 bits per heavy atom. The molecule has 0 radical (unpaired) electrons. The van der Waals surface area contributed by atoms with Gasteiger partial charge >= 0.3 is 0 Å². The highest BCUT2D eigenvalue weighted by Gasteiger charge is 2.39. The number of rotatable bonds is 2. The minimum Gasteiger partial charge on any atom is -0.343 e. The summed E-state index contributed by atoms with van der Waals surface area (Å²) in [5, 5.41) is 3.18. The minimum absolute atomic E-state index is 0.0288. The lowest BCUT2D eigenvalue weighted by atomic mass is 10.1. The number of carbonyl (C=O) groups excluding carboxylic acids is 2. The van der Waals surface area contributed by atoms with E-state index in [0.717, 1.165) is 19.3 Å². The van der Waals surface area contributed by atoms with Gasteiger partial charge in [-0.25, -0.2) is 0 Å². The van der Waals surface area contributed by atoms with Crippen molar-refractivity contribution in [1.29, 1.82) is 0 Å². The van der Waals surface area contributed by atoms with Crippen LogP contribution < -0.4 is 5.32 Å². The van der Waals surface area contributed by atoms with Gasteiger partial charge in [-0.05, 0) is 26.0 Å². The molecule has 90 valence electrons. The van der Waals surface area contributed by atoms with Gasteiger partial charge in [-0.3, -0.25) is 9.59 Å². The number of carbonyl (C=O) groups is 2. The summed E-state index contributed by atoms with van der Waals surface area (Å²) in [7, 11) is 0. The van der Waals surface area contributed by atoms with Gasteiger partial charge in [-0.15, -0.1) is 0 Å². The Labute approximate surface area is 100 Å². The van der Waals surface area contributed by atoms with Crippen molar-refractivity contribution in [3.05, 3.63) is 0 Å². The average Bonchev–Trinajstić information content (AvgIpc) is 2.71. The van der Waals surface area contributed by atoms with E-state index in [4.69, 9.17) is 0 Å². The highest BCUT2D eigenvalue weighted by Crippen LogP contribution is 2.32. The van der Waals surface area contributed by atoms with Gasteiger partial charge in [0.25, 0.3) is 0 Å². The lowest BCUT2D eigenvalue weighted by molar-refractivity contribution is -0.145. The summed E-state index contributed by atoms with van der Waals surface area (Å²) in [6, 6.07) is -0.0969. The van der Waals surface area contributed by atoms with Crippen LogP contribution in [0.2, 0.25) is 0 Å². The van der Waals surface area contributed by atoms with Crippen molar-refractivity contribution < 1.29 is 9.59 Å². The van der Waals surface area contributed by atoms with E-state index in [9.17, 15) is 9.59 Å². The van der Waals surface area contributed by atoms with Gasteiger partial charge < -0.3 is 10.2 Å². The van der Waals surface area contributed by atoms with Crippen LogP contribution in [0.1, 0.15) is 26.2 Å². The Kier molecular flexibility index (Phi) is 3.42. The molecule has 0 spiro atoms. The number of hydrogen-bond acceptors (Lipinski definition) is 3. The third-order valence-corrected chi connectivity index (χ3v) is 4.62. The van der Waals surface area contributed by atoms with E-state index < -0.39 is 0 Å². The molecule has 1 aliphatic carbocycles. The Hall–Kier alpha value is -0.710. The van der Waals surface area contributed by atoms with Crippen LogP contribution in [-0.4, -0.2) is 46.8 Å². The molecule has 0 aromatic heterocycles. The summed E-state index contributed by atoms with van der Waals surface area (Å²) in [4.78, 5) is 25.3. The van der Waals surface area contributed by atoms with Gasteiger partial charge in [-0.2, -0.15) is 11.8 Å². The van der Waals surface area contributed by atoms with Crippen molar-refractivity contribution in [2.75, 3.05) is 12.8 Å². The van der Waals surface area contributed by atoms with Crippen LogP contribution >= 0.6 is 11.8 Å². The summed E-state index contributed by atoms with van der Waals surface area (Å²) in [6.07, 6.45) is 5.44. The van der Waals surface area contributed by atoms with E-state index in [2.05, 4.69) is 11.6 Å². The number of thioether (sulfide) groups is 1. The Morgan fingerprint density at radius 3 is 2.81 bits per heavy atom. The van der Waals surface area contributed by atoms with E-state index in [0.29, 0.717) is 5.25 Å². The second-order valence-electron chi connectivity index (χ2n) is 4.53. The van der Waals surface area contributed by atoms with Crippen molar-refractivity contribution >= 4 is 23.6 Å². The number of hydrogen-bond donors (Lipinski definition) is 1. The quantitative estimate of drug-likeness (QED) is 0.772. The van der Waals surface area contributed by atoms with E-state index >= 15 is 0 Å². The molecule has 2 aliphatic rings. The summed E-state index contributed by atoms with van der Waals surface area (Å²) in [5.74, 6) is 0.0457. The molecule has 5 heteroatoms. The van der Waals surface area contributed by atoms with Crippen molar-refractivity contribution in [1.82, 2.24) is 10.2 Å². The molecule has 1 heterocycles. The molecule has 0 aromatic rings. The highest BCUT2D eigenvalue weighted by atomic mass is 32.2. The van der Waals surface area contributed by atoms with E-state index in [1.165, 1.54) is 0 Å². The minimum atomic E-state index is -0.357. The molecule has 3 atom stereocenters. The monoisotopic (exact) mass is 242 g/mol. The Bertz CT molecular complexity index is 308. The number of amides is 2. The number of nitrogens with zero attached hydrogens (tertiary/aromatic N) is 1. The van der Waals surface area contributed by atoms with Crippen molar-refractivity contribution in [3.8, 4) is 0 Å². The van der Waals surface area contributed by atoms with Crippen LogP contribution in [0.25, 0.3) is 0 Å². The van der Waals surface area contributed by atoms with Crippen molar-refractivity contribution in [2.45, 2.75) is 43.5 Å². The van der Waals surface area contributed by atoms with Gasteiger partial charge in [-0.1, -0.05) is 6.42 Å². The topological polar surface area (TPSA) is 49.4 Å². The fraction of sp³-hybridized carbons (Fsp3) is 0.818. The van der Waals surface area contributed by atoms with Gasteiger partial charge in [0.2, 0.25) is 11.8 Å². The average molecular weight is 242 g/mol. The van der Waals surface area contributed by atoms with Gasteiger partial charge in [0.05, 0.1) is 6.54 Å². The maximum Gasteiger partial charge on any atom is 0.245 e. The first-order valence-corrected chi connectivity index (χ1v) is 7.05. The predicted molar refractivity (Wildman–Crippen MR) is 64.3 cm³/mol. The van der Waals surface area contributed by atoms with Crippen LogP contribution in [0.3, 0.4) is 0 Å². The summed E-state index contributed by atoms with van der Waals surface area (Å²) < 4.78 is 0. The third-order valence-electron chi connectivity index (χ3n) is 3.47. The standard InChI is InChI=1S/C11H18N2O2S/c1-7-11(15)13(6-10(14)12-7)8-4-3-5-9(8)16-2/h7-9H,3-6H2,1-2H3,(H,12,14). The van der Waals surface area contributed by atoms with Crippen molar-refractivity contribution in [3.63, 3.8) is 0 Å². The van der Waals surface area contributed by atoms with Gasteiger partial charge in [0.1, 0.15) is 6.04 Å². The van der Waals surface area contributed by atoms with E-state index in [-0.39, 0.29) is 30.4 Å². The Balaban J connectivity index is 2.12. The normalized spacial score (nSPS) is 35.4. The molecule has 1 aliphatic heterocycles. The lowest BCUT2D eigenvalue weighted by Gasteiger charge is -2.37. The smallest absolute Gasteiger partial charge is 0.245 e. The van der Waals surface area contributed by atoms with Gasteiger partial charge in [0.15, 0.2) is 0 Å². The first-order valence-electron chi connectivity index (χ1n) is 5.76. The molecule has 4 nitrogen and oxygen atoms in total. The third kappa shape index (κ3) is 2.05. The molecule has 3 unspecified atom stereocenters. The second kappa shape index (κ2) is 4.65. The molecule has 0 aromatic carbocycles. The maximum absolute atomic E-state index is 12.0. The van der Waals surface area contributed by atoms with Crippen LogP contribution in [0.4, 0.5) is 0 Å². The number of nitrogens with one attached hydrogen (secondary N) is 1. The molecule has 1 saturated heterocycles. The first kappa shape index (κ1) is 11.8. The van der Waals surface area contributed by atoms with E-state index in [1.807, 2.05) is 11.8 Å². The van der Waals surface area contributed by atoms with Crippen LogP contribution in [0.5, 0.6) is 0 Å². The molecule has 1 saturated carbocycles. The highest BCUT2D eigenvalue weighted by molar-refractivity contribution is 7.99. The van der Waals surface area contributed by atoms with Crippen LogP contribution in [-0.2, 0) is 9.59 Å². The van der Waals surface area contributed by atoms with Gasteiger partial charge in [0, 0.05) is 11.3 Å². The summed E-state index contributed by atoms with van der Waals surface area (Å²) in [6.45, 7) is 2.00. The van der Waals surface area contributed by atoms with E-state index in [1.54, 1.807) is 11.8 Å². The largest absolute Gasteiger partial charge is 0.343 e. The molecule has 1 N–H and O–H groups in total. The fourth-order valence-electron chi connectivity index (χ4n) is 2.65. The summed E-state index contributed by atoms with van der Waals surface area (Å²) >= 11 is 1.81. The molecule has 2 rings (SSSR count). The Morgan fingerprint density at radius 2 is 2.12 bits per heavy atom. The van der Waals surface area contributed by atoms with Crippen LogP contribution in [0, 0.1) is 0 Å². The first-order chi connectivity index (χ1) is 7.63. The lowest BCUT2D eigenvalue weighted by Crippen LogP contribution is -2.60. The predicted octanol–water partition coefficient (Wildman–Crippen LogP) is 0.617. The SMILES string of the molecule is CSC1CCCC1N1CC(=O)NC(C)C1=O. The molecule has 0 bridgehead atoms. The fourth-order valence-corrected chi connectivity index (χ4v) is 3.65.